The fourth-order valence-corrected chi connectivity index (χ4v) is 1.71. The quantitative estimate of drug-likeness (QED) is 0.921. The van der Waals surface area contributed by atoms with Gasteiger partial charge in [-0.2, -0.15) is 0 Å². The minimum absolute atomic E-state index is 0.304. The van der Waals surface area contributed by atoms with Crippen molar-refractivity contribution in [2.45, 2.75) is 20.8 Å². The molecule has 0 radical (unpaired) electrons. The summed E-state index contributed by atoms with van der Waals surface area (Å²) in [6.45, 7) is 5.53. The van der Waals surface area contributed by atoms with Gasteiger partial charge in [0.05, 0.1) is 0 Å². The number of hydrogen-bond donors (Lipinski definition) is 1. The molecule has 0 aliphatic heterocycles. The van der Waals surface area contributed by atoms with Crippen molar-refractivity contribution in [2.24, 2.45) is 0 Å². The number of carboxylic acids is 1. The molecule has 3 nitrogen and oxygen atoms in total. The highest BCUT2D eigenvalue weighted by molar-refractivity contribution is 9.10. The number of aliphatic carboxylic acids is 1. The van der Waals surface area contributed by atoms with E-state index >= 15 is 0 Å². The Bertz CT molecular complexity index is 399. The summed E-state index contributed by atoms with van der Waals surface area (Å²) in [7, 11) is 0. The van der Waals surface area contributed by atoms with Crippen molar-refractivity contribution in [2.75, 3.05) is 6.61 Å². The Kier molecular flexibility index (Phi) is 3.74. The molecule has 0 spiro atoms. The Morgan fingerprint density at radius 1 is 1.40 bits per heavy atom. The second-order valence-corrected chi connectivity index (χ2v) is 4.23. The normalized spacial score (nSPS) is 10.1. The highest BCUT2D eigenvalue weighted by atomic mass is 79.9. The lowest BCUT2D eigenvalue weighted by atomic mass is 10.1. The van der Waals surface area contributed by atoms with Gasteiger partial charge in [-0.25, -0.2) is 4.79 Å². The van der Waals surface area contributed by atoms with Gasteiger partial charge in [0.1, 0.15) is 5.75 Å². The Hall–Kier alpha value is -1.03. The van der Waals surface area contributed by atoms with Crippen LogP contribution in [0.1, 0.15) is 16.7 Å². The van der Waals surface area contributed by atoms with Gasteiger partial charge in [-0.1, -0.05) is 15.9 Å². The van der Waals surface area contributed by atoms with Gasteiger partial charge in [-0.3, -0.25) is 0 Å². The van der Waals surface area contributed by atoms with Gasteiger partial charge in [0.2, 0.25) is 0 Å². The molecule has 82 valence electrons. The number of ether oxygens (including phenoxy) is 1. The van der Waals surface area contributed by atoms with E-state index in [0.29, 0.717) is 5.75 Å². The van der Waals surface area contributed by atoms with Crippen molar-refractivity contribution in [3.05, 3.63) is 27.2 Å². The monoisotopic (exact) mass is 272 g/mol. The topological polar surface area (TPSA) is 46.5 Å². The van der Waals surface area contributed by atoms with Gasteiger partial charge in [-0.15, -0.1) is 0 Å². The SMILES string of the molecule is Cc1cc(OCC(=O)O)c(C)c(C)c1Br. The number of carboxylic acid groups (broad SMARTS) is 1. The molecule has 0 saturated heterocycles. The summed E-state index contributed by atoms with van der Waals surface area (Å²) in [5.41, 5.74) is 3.09. The van der Waals surface area contributed by atoms with Crippen LogP contribution < -0.4 is 4.74 Å². The molecular formula is C11H13BrO3. The number of benzene rings is 1. The third-order valence-electron chi connectivity index (χ3n) is 2.31. The summed E-state index contributed by atoms with van der Waals surface area (Å²) < 4.78 is 6.24. The fourth-order valence-electron chi connectivity index (χ4n) is 1.30. The molecule has 0 saturated carbocycles. The maximum Gasteiger partial charge on any atom is 0.341 e. The van der Waals surface area contributed by atoms with Crippen molar-refractivity contribution in [3.8, 4) is 5.75 Å². The van der Waals surface area contributed by atoms with Gasteiger partial charge >= 0.3 is 5.97 Å². The van der Waals surface area contributed by atoms with Crippen LogP contribution in [0.2, 0.25) is 0 Å². The second-order valence-electron chi connectivity index (χ2n) is 3.44. The highest BCUT2D eigenvalue weighted by Gasteiger charge is 2.10. The van der Waals surface area contributed by atoms with E-state index in [1.807, 2.05) is 26.8 Å². The molecule has 0 bridgehead atoms. The molecule has 15 heavy (non-hydrogen) atoms. The van der Waals surface area contributed by atoms with E-state index in [0.717, 1.165) is 21.2 Å². The average Bonchev–Trinajstić information content (AvgIpc) is 2.18. The van der Waals surface area contributed by atoms with Crippen LogP contribution >= 0.6 is 15.9 Å². The van der Waals surface area contributed by atoms with Crippen molar-refractivity contribution in [3.63, 3.8) is 0 Å². The van der Waals surface area contributed by atoms with Crippen LogP contribution in [0.3, 0.4) is 0 Å². The molecule has 0 unspecified atom stereocenters. The summed E-state index contributed by atoms with van der Waals surface area (Å²) in [4.78, 5) is 10.4. The summed E-state index contributed by atoms with van der Waals surface area (Å²) in [6.07, 6.45) is 0. The van der Waals surface area contributed by atoms with Crippen LogP contribution in [-0.4, -0.2) is 17.7 Å². The van der Waals surface area contributed by atoms with Gasteiger partial charge in [-0.05, 0) is 43.5 Å². The average molecular weight is 273 g/mol. The molecule has 1 aromatic carbocycles. The van der Waals surface area contributed by atoms with E-state index in [9.17, 15) is 4.79 Å². The highest BCUT2D eigenvalue weighted by Crippen LogP contribution is 2.31. The van der Waals surface area contributed by atoms with Crippen LogP contribution in [0.5, 0.6) is 5.75 Å². The predicted molar refractivity (Wildman–Crippen MR) is 61.5 cm³/mol. The molecule has 0 aromatic heterocycles. The maximum absolute atomic E-state index is 10.4. The molecule has 0 atom stereocenters. The van der Waals surface area contributed by atoms with Crippen LogP contribution in [0.4, 0.5) is 0 Å². The van der Waals surface area contributed by atoms with Gasteiger partial charge in [0, 0.05) is 4.47 Å². The summed E-state index contributed by atoms with van der Waals surface area (Å²) in [5, 5.41) is 8.52. The molecule has 0 fully saturated rings. The number of rotatable bonds is 3. The number of carbonyl (C=O) groups is 1. The van der Waals surface area contributed by atoms with E-state index < -0.39 is 5.97 Å². The Morgan fingerprint density at radius 3 is 2.53 bits per heavy atom. The first-order chi connectivity index (χ1) is 6.93. The van der Waals surface area contributed by atoms with Crippen LogP contribution in [0.25, 0.3) is 0 Å². The molecule has 1 N–H and O–H groups in total. The zero-order valence-corrected chi connectivity index (χ0v) is 10.5. The third-order valence-corrected chi connectivity index (χ3v) is 3.53. The van der Waals surface area contributed by atoms with E-state index in [-0.39, 0.29) is 6.61 Å². The van der Waals surface area contributed by atoms with Gasteiger partial charge < -0.3 is 9.84 Å². The van der Waals surface area contributed by atoms with E-state index in [2.05, 4.69) is 15.9 Å². The van der Waals surface area contributed by atoms with Gasteiger partial charge in [0.15, 0.2) is 6.61 Å². The van der Waals surface area contributed by atoms with Crippen molar-refractivity contribution in [1.29, 1.82) is 0 Å². The lowest BCUT2D eigenvalue weighted by Gasteiger charge is -2.13. The lowest BCUT2D eigenvalue weighted by molar-refractivity contribution is -0.139. The largest absolute Gasteiger partial charge is 0.482 e. The molecule has 0 aliphatic carbocycles. The molecule has 4 heteroatoms. The fraction of sp³-hybridized carbons (Fsp3) is 0.364. The first kappa shape index (κ1) is 12.0. The van der Waals surface area contributed by atoms with E-state index in [4.69, 9.17) is 9.84 Å². The van der Waals surface area contributed by atoms with Crippen molar-refractivity contribution in [1.82, 2.24) is 0 Å². The number of aryl methyl sites for hydroxylation is 1. The lowest BCUT2D eigenvalue weighted by Crippen LogP contribution is -2.10. The summed E-state index contributed by atoms with van der Waals surface area (Å²) >= 11 is 3.47. The van der Waals surface area contributed by atoms with Crippen LogP contribution in [0.15, 0.2) is 10.5 Å². The zero-order chi connectivity index (χ0) is 11.6. The second kappa shape index (κ2) is 4.66. The molecule has 1 rings (SSSR count). The minimum atomic E-state index is -0.965. The standard InChI is InChI=1S/C11H13BrO3/c1-6-4-9(15-5-10(13)14)7(2)8(3)11(6)12/h4H,5H2,1-3H3,(H,13,14). The molecular weight excluding hydrogens is 260 g/mol. The molecule has 0 aliphatic rings. The molecule has 0 heterocycles. The van der Waals surface area contributed by atoms with E-state index in [1.54, 1.807) is 0 Å². The Labute approximate surface area is 97.2 Å². The zero-order valence-electron chi connectivity index (χ0n) is 8.93. The summed E-state index contributed by atoms with van der Waals surface area (Å²) in [6, 6.07) is 1.84. The van der Waals surface area contributed by atoms with Gasteiger partial charge in [0.25, 0.3) is 0 Å². The molecule has 0 amide bonds. The Morgan fingerprint density at radius 2 is 2.00 bits per heavy atom. The van der Waals surface area contributed by atoms with Crippen molar-refractivity contribution < 1.29 is 14.6 Å². The molecule has 1 aromatic rings. The van der Waals surface area contributed by atoms with Crippen LogP contribution in [-0.2, 0) is 4.79 Å². The minimum Gasteiger partial charge on any atom is -0.482 e. The number of halogens is 1. The van der Waals surface area contributed by atoms with E-state index in [1.165, 1.54) is 0 Å². The third kappa shape index (κ3) is 2.72. The smallest absolute Gasteiger partial charge is 0.341 e. The maximum atomic E-state index is 10.4. The first-order valence-electron chi connectivity index (χ1n) is 4.54. The first-order valence-corrected chi connectivity index (χ1v) is 5.33. The Balaban J connectivity index is 3.04. The van der Waals surface area contributed by atoms with Crippen LogP contribution in [0, 0.1) is 20.8 Å². The summed E-state index contributed by atoms with van der Waals surface area (Å²) in [5.74, 6) is -0.330. The van der Waals surface area contributed by atoms with Crippen molar-refractivity contribution >= 4 is 21.9 Å². The predicted octanol–water partition coefficient (Wildman–Crippen LogP) is 2.84. The number of hydrogen-bond acceptors (Lipinski definition) is 2.